The maximum Gasteiger partial charge on any atom is 0.281 e. The second kappa shape index (κ2) is 6.78. The molecule has 8 heteroatoms. The number of amides is 1. The summed E-state index contributed by atoms with van der Waals surface area (Å²) in [6.07, 6.45) is 2.48. The number of nitrogens with zero attached hydrogens (tertiary/aromatic N) is 4. The third-order valence-corrected chi connectivity index (χ3v) is 6.60. The summed E-state index contributed by atoms with van der Waals surface area (Å²) in [6.45, 7) is 1.70. The molecule has 1 amide bonds. The van der Waals surface area contributed by atoms with E-state index in [0.29, 0.717) is 38.2 Å². The molecule has 1 aromatic carbocycles. The van der Waals surface area contributed by atoms with Gasteiger partial charge in [0.2, 0.25) is 0 Å². The van der Waals surface area contributed by atoms with Crippen molar-refractivity contribution in [3.8, 4) is 0 Å². The third kappa shape index (κ3) is 3.29. The van der Waals surface area contributed by atoms with Crippen molar-refractivity contribution in [3.05, 3.63) is 36.0 Å². The van der Waals surface area contributed by atoms with Crippen molar-refractivity contribution in [2.45, 2.75) is 6.42 Å². The molecule has 2 heterocycles. The van der Waals surface area contributed by atoms with Gasteiger partial charge >= 0.3 is 0 Å². The van der Waals surface area contributed by atoms with Crippen LogP contribution in [0.5, 0.6) is 0 Å². The summed E-state index contributed by atoms with van der Waals surface area (Å²) in [6, 6.07) is 7.81. The largest absolute Gasteiger partial charge is 0.350 e. The predicted molar refractivity (Wildman–Crippen MR) is 97.6 cm³/mol. The average Bonchev–Trinajstić information content (AvgIpc) is 2.76. The number of para-hydroxylation sites is 1. The number of carbonyl (C=O) groups excluding carboxylic acids is 1. The fourth-order valence-electron chi connectivity index (χ4n) is 3.24. The van der Waals surface area contributed by atoms with Crippen LogP contribution in [0.1, 0.15) is 16.8 Å². The first-order valence-corrected chi connectivity index (χ1v) is 9.73. The van der Waals surface area contributed by atoms with Crippen LogP contribution in [0.3, 0.4) is 0 Å². The van der Waals surface area contributed by atoms with Crippen molar-refractivity contribution in [2.24, 2.45) is 7.05 Å². The second-order valence-corrected chi connectivity index (χ2v) is 8.65. The van der Waals surface area contributed by atoms with Gasteiger partial charge in [-0.3, -0.25) is 4.79 Å². The first-order valence-electron chi connectivity index (χ1n) is 8.33. The molecule has 25 heavy (non-hydrogen) atoms. The Morgan fingerprint density at radius 1 is 1.08 bits per heavy atom. The number of benzene rings is 1. The second-order valence-electron chi connectivity index (χ2n) is 6.51. The van der Waals surface area contributed by atoms with Gasteiger partial charge in [-0.25, -0.2) is 0 Å². The number of rotatable bonds is 3. The minimum atomic E-state index is -3.44. The molecule has 0 atom stereocenters. The van der Waals surface area contributed by atoms with Crippen LogP contribution in [-0.2, 0) is 17.3 Å². The Bertz CT molecular complexity index is 888. The van der Waals surface area contributed by atoms with E-state index in [4.69, 9.17) is 0 Å². The van der Waals surface area contributed by atoms with E-state index in [-0.39, 0.29) is 5.91 Å². The van der Waals surface area contributed by atoms with Crippen LogP contribution in [0, 0.1) is 0 Å². The zero-order chi connectivity index (χ0) is 18.2. The van der Waals surface area contributed by atoms with Gasteiger partial charge in [0.25, 0.3) is 16.1 Å². The van der Waals surface area contributed by atoms with E-state index in [0.717, 1.165) is 10.9 Å². The molecular formula is C17H24N4O3S. The normalized spacial score (nSPS) is 17.2. The number of hydrogen-bond donors (Lipinski definition) is 0. The Morgan fingerprint density at radius 2 is 1.80 bits per heavy atom. The van der Waals surface area contributed by atoms with Gasteiger partial charge in [-0.1, -0.05) is 18.2 Å². The van der Waals surface area contributed by atoms with E-state index in [1.807, 2.05) is 42.1 Å². The Balaban J connectivity index is 1.82. The van der Waals surface area contributed by atoms with E-state index in [1.54, 1.807) is 4.90 Å². The summed E-state index contributed by atoms with van der Waals surface area (Å²) in [5, 5.41) is 0.928. The molecule has 1 aromatic heterocycles. The predicted octanol–water partition coefficient (Wildman–Crippen LogP) is 1.13. The molecule has 1 aliphatic rings. The fourth-order valence-corrected chi connectivity index (χ4v) is 4.38. The van der Waals surface area contributed by atoms with Crippen LogP contribution in [0.25, 0.3) is 10.9 Å². The van der Waals surface area contributed by atoms with Gasteiger partial charge in [0.1, 0.15) is 0 Å². The van der Waals surface area contributed by atoms with Crippen LogP contribution in [0.4, 0.5) is 0 Å². The number of carbonyl (C=O) groups is 1. The molecule has 1 aliphatic heterocycles. The Morgan fingerprint density at radius 3 is 2.52 bits per heavy atom. The van der Waals surface area contributed by atoms with Gasteiger partial charge in [0.15, 0.2) is 0 Å². The van der Waals surface area contributed by atoms with Crippen LogP contribution in [-0.4, -0.2) is 72.7 Å². The van der Waals surface area contributed by atoms with Crippen LogP contribution < -0.4 is 0 Å². The molecule has 2 aromatic rings. The van der Waals surface area contributed by atoms with Gasteiger partial charge in [-0.05, 0) is 12.5 Å². The van der Waals surface area contributed by atoms with Gasteiger partial charge in [0.05, 0.1) is 5.56 Å². The maximum absolute atomic E-state index is 13.0. The summed E-state index contributed by atoms with van der Waals surface area (Å²) in [5.41, 5.74) is 1.68. The lowest BCUT2D eigenvalue weighted by Crippen LogP contribution is -2.42. The summed E-state index contributed by atoms with van der Waals surface area (Å²) in [7, 11) is 1.53. The van der Waals surface area contributed by atoms with Gasteiger partial charge in [0, 0.05) is 64.4 Å². The van der Waals surface area contributed by atoms with E-state index < -0.39 is 10.2 Å². The highest BCUT2D eigenvalue weighted by atomic mass is 32.2. The van der Waals surface area contributed by atoms with Gasteiger partial charge < -0.3 is 9.47 Å². The highest BCUT2D eigenvalue weighted by Gasteiger charge is 2.29. The molecule has 0 spiro atoms. The third-order valence-electron chi connectivity index (χ3n) is 4.66. The molecule has 0 N–H and O–H groups in total. The van der Waals surface area contributed by atoms with Gasteiger partial charge in [-0.15, -0.1) is 0 Å². The average molecular weight is 364 g/mol. The minimum Gasteiger partial charge on any atom is -0.350 e. The smallest absolute Gasteiger partial charge is 0.281 e. The zero-order valence-corrected chi connectivity index (χ0v) is 15.7. The van der Waals surface area contributed by atoms with E-state index in [2.05, 4.69) is 0 Å². The number of aryl methyl sites for hydroxylation is 1. The van der Waals surface area contributed by atoms with Gasteiger partial charge in [-0.2, -0.15) is 17.0 Å². The molecule has 7 nitrogen and oxygen atoms in total. The van der Waals surface area contributed by atoms with Crippen molar-refractivity contribution in [2.75, 3.05) is 40.3 Å². The number of aromatic nitrogens is 1. The monoisotopic (exact) mass is 364 g/mol. The number of hydrogen-bond acceptors (Lipinski definition) is 3. The standard InChI is InChI=1S/C17H24N4O3S/c1-18(2)25(23,24)21-10-6-9-20(11-12-21)17(22)15-13-19(3)16-8-5-4-7-14(15)16/h4-5,7-8,13H,6,9-12H2,1-3H3. The first-order chi connectivity index (χ1) is 11.8. The molecular weight excluding hydrogens is 340 g/mol. The summed E-state index contributed by atoms with van der Waals surface area (Å²) in [5.74, 6) is -0.0408. The minimum absolute atomic E-state index is 0.0408. The molecule has 1 fully saturated rings. The van der Waals surface area contributed by atoms with E-state index >= 15 is 0 Å². The van der Waals surface area contributed by atoms with Crippen molar-refractivity contribution in [3.63, 3.8) is 0 Å². The SMILES string of the molecule is CN(C)S(=O)(=O)N1CCCN(C(=O)c2cn(C)c3ccccc23)CC1. The lowest BCUT2D eigenvalue weighted by atomic mass is 10.1. The number of fused-ring (bicyclic) bond motifs is 1. The molecule has 3 rings (SSSR count). The van der Waals surface area contributed by atoms with E-state index in [9.17, 15) is 13.2 Å². The quantitative estimate of drug-likeness (QED) is 0.820. The highest BCUT2D eigenvalue weighted by Crippen LogP contribution is 2.22. The summed E-state index contributed by atoms with van der Waals surface area (Å²) >= 11 is 0. The molecule has 0 bridgehead atoms. The van der Waals surface area contributed by atoms with Crippen LogP contribution in [0.15, 0.2) is 30.5 Å². The van der Waals surface area contributed by atoms with Crippen LogP contribution >= 0.6 is 0 Å². The Hall–Kier alpha value is -1.90. The summed E-state index contributed by atoms with van der Waals surface area (Å²) < 4.78 is 29.2. The van der Waals surface area contributed by atoms with Crippen molar-refractivity contribution in [1.29, 1.82) is 0 Å². The molecule has 0 unspecified atom stereocenters. The Labute approximate surface area is 148 Å². The maximum atomic E-state index is 13.0. The first kappa shape index (κ1) is 17.9. The van der Waals surface area contributed by atoms with E-state index in [1.165, 1.54) is 22.7 Å². The summed E-state index contributed by atoms with van der Waals surface area (Å²) in [4.78, 5) is 14.8. The molecule has 1 saturated heterocycles. The molecule has 136 valence electrons. The lowest BCUT2D eigenvalue weighted by Gasteiger charge is -2.24. The van der Waals surface area contributed by atoms with Crippen molar-refractivity contribution in [1.82, 2.24) is 18.1 Å². The Kier molecular flexibility index (Phi) is 4.86. The van der Waals surface area contributed by atoms with Crippen LogP contribution in [0.2, 0.25) is 0 Å². The zero-order valence-electron chi connectivity index (χ0n) is 14.8. The van der Waals surface area contributed by atoms with Crippen molar-refractivity contribution < 1.29 is 13.2 Å². The highest BCUT2D eigenvalue weighted by molar-refractivity contribution is 7.86. The molecule has 0 aliphatic carbocycles. The lowest BCUT2D eigenvalue weighted by molar-refractivity contribution is 0.0766. The topological polar surface area (TPSA) is 65.9 Å². The molecule has 0 radical (unpaired) electrons. The fraction of sp³-hybridized carbons (Fsp3) is 0.471. The van der Waals surface area contributed by atoms with Crippen molar-refractivity contribution >= 4 is 27.0 Å². The molecule has 0 saturated carbocycles.